The highest BCUT2D eigenvalue weighted by Gasteiger charge is 2.41. The molecule has 0 fully saturated rings. The van der Waals surface area contributed by atoms with Crippen LogP contribution in [0.15, 0.2) is 57.9 Å². The van der Waals surface area contributed by atoms with Gasteiger partial charge in [-0.05, 0) is 43.2 Å². The smallest absolute Gasteiger partial charge is 0.269 e. The fraction of sp³-hybridized carbons (Fsp3) is 0.375. The van der Waals surface area contributed by atoms with Crippen molar-refractivity contribution in [3.8, 4) is 0 Å². The fourth-order valence-electron chi connectivity index (χ4n) is 3.74. The number of hydrogen-bond acceptors (Lipinski definition) is 5. The molecule has 1 atom stereocenters. The highest BCUT2D eigenvalue weighted by atomic mass is 79.9. The fourth-order valence-corrected chi connectivity index (χ4v) is 5.76. The van der Waals surface area contributed by atoms with E-state index in [9.17, 15) is 22.8 Å². The van der Waals surface area contributed by atoms with Crippen LogP contribution in [0, 0.1) is 0 Å². The number of amides is 3. The van der Waals surface area contributed by atoms with Gasteiger partial charge in [-0.15, -0.1) is 0 Å². The Hall–Kier alpha value is -2.72. The van der Waals surface area contributed by atoms with E-state index >= 15 is 0 Å². The molecule has 0 saturated carbocycles. The molecule has 0 saturated heterocycles. The number of nitrogens with zero attached hydrogens (tertiary/aromatic N) is 2. The predicted octanol–water partition coefficient (Wildman–Crippen LogP) is 3.32. The molecule has 10 heteroatoms. The minimum absolute atomic E-state index is 0.0536. The van der Waals surface area contributed by atoms with Gasteiger partial charge in [-0.25, -0.2) is 12.7 Å². The van der Waals surface area contributed by atoms with Crippen molar-refractivity contribution in [2.24, 2.45) is 0 Å². The lowest BCUT2D eigenvalue weighted by Crippen LogP contribution is -2.48. The molecule has 34 heavy (non-hydrogen) atoms. The van der Waals surface area contributed by atoms with Gasteiger partial charge in [-0.1, -0.05) is 53.5 Å². The Balaban J connectivity index is 1.77. The Morgan fingerprint density at radius 1 is 1.15 bits per heavy atom. The largest absolute Gasteiger partial charge is 0.354 e. The molecule has 1 aliphatic heterocycles. The van der Waals surface area contributed by atoms with Crippen LogP contribution >= 0.6 is 15.9 Å². The van der Waals surface area contributed by atoms with E-state index in [-0.39, 0.29) is 35.9 Å². The molecule has 182 valence electrons. The molecule has 2 aromatic carbocycles. The highest BCUT2D eigenvalue weighted by molar-refractivity contribution is 9.10. The lowest BCUT2D eigenvalue weighted by atomic mass is 10.1. The summed E-state index contributed by atoms with van der Waals surface area (Å²) in [4.78, 5) is 40.0. The molecule has 1 aliphatic rings. The summed E-state index contributed by atoms with van der Waals surface area (Å²) in [6.45, 7) is 4.04. The van der Waals surface area contributed by atoms with Crippen molar-refractivity contribution in [1.82, 2.24) is 14.5 Å². The van der Waals surface area contributed by atoms with Gasteiger partial charge < -0.3 is 10.2 Å². The van der Waals surface area contributed by atoms with Gasteiger partial charge in [0.15, 0.2) is 0 Å². The van der Waals surface area contributed by atoms with Crippen molar-refractivity contribution >= 4 is 43.7 Å². The van der Waals surface area contributed by atoms with Gasteiger partial charge in [0, 0.05) is 30.5 Å². The van der Waals surface area contributed by atoms with E-state index in [4.69, 9.17) is 0 Å². The molecule has 0 radical (unpaired) electrons. The van der Waals surface area contributed by atoms with Crippen LogP contribution in [0.1, 0.15) is 49.0 Å². The number of rotatable bonds is 10. The average Bonchev–Trinajstić information content (AvgIpc) is 3.00. The second-order valence-electron chi connectivity index (χ2n) is 8.10. The summed E-state index contributed by atoms with van der Waals surface area (Å²) >= 11 is 3.41. The Morgan fingerprint density at radius 2 is 1.88 bits per heavy atom. The molecule has 0 bridgehead atoms. The molecule has 0 spiro atoms. The lowest BCUT2D eigenvalue weighted by molar-refractivity contribution is -0.140. The first-order valence-corrected chi connectivity index (χ1v) is 13.4. The number of fused-ring (bicyclic) bond motifs is 1. The lowest BCUT2D eigenvalue weighted by Gasteiger charge is -2.29. The first-order chi connectivity index (χ1) is 16.2. The van der Waals surface area contributed by atoms with Gasteiger partial charge in [-0.2, -0.15) is 0 Å². The Kier molecular flexibility index (Phi) is 8.48. The first-order valence-electron chi connectivity index (χ1n) is 11.1. The van der Waals surface area contributed by atoms with E-state index in [1.807, 2.05) is 31.2 Å². The minimum atomic E-state index is -4.01. The van der Waals surface area contributed by atoms with Crippen LogP contribution in [0.2, 0.25) is 0 Å². The molecule has 0 aromatic heterocycles. The Morgan fingerprint density at radius 3 is 2.56 bits per heavy atom. The van der Waals surface area contributed by atoms with Crippen molar-refractivity contribution in [3.63, 3.8) is 0 Å². The third-order valence-electron chi connectivity index (χ3n) is 5.68. The second-order valence-corrected chi connectivity index (χ2v) is 10.8. The summed E-state index contributed by atoms with van der Waals surface area (Å²) in [5.41, 5.74) is 0.915. The number of unbranched alkanes of at least 4 members (excludes halogenated alkanes) is 1. The summed E-state index contributed by atoms with van der Waals surface area (Å²) in [6, 6.07) is 12.6. The molecule has 0 aliphatic carbocycles. The topological polar surface area (TPSA) is 104 Å². The van der Waals surface area contributed by atoms with E-state index in [1.54, 1.807) is 19.1 Å². The number of carbonyl (C=O) groups excluding carboxylic acids is 3. The summed E-state index contributed by atoms with van der Waals surface area (Å²) in [7, 11) is -4.01. The van der Waals surface area contributed by atoms with Crippen LogP contribution in [0.3, 0.4) is 0 Å². The number of halogens is 1. The molecular formula is C24H28BrN3O5S. The van der Waals surface area contributed by atoms with Gasteiger partial charge in [0.2, 0.25) is 11.8 Å². The zero-order valence-corrected chi connectivity index (χ0v) is 21.6. The van der Waals surface area contributed by atoms with Crippen LogP contribution in [0.4, 0.5) is 0 Å². The van der Waals surface area contributed by atoms with Crippen molar-refractivity contribution in [1.29, 1.82) is 0 Å². The van der Waals surface area contributed by atoms with Gasteiger partial charge in [-0.3, -0.25) is 14.4 Å². The van der Waals surface area contributed by atoms with Gasteiger partial charge in [0.1, 0.15) is 10.9 Å². The zero-order chi connectivity index (χ0) is 24.9. The summed E-state index contributed by atoms with van der Waals surface area (Å²) in [5.74, 6) is -1.35. The van der Waals surface area contributed by atoms with E-state index < -0.39 is 27.9 Å². The summed E-state index contributed by atoms with van der Waals surface area (Å²) < 4.78 is 27.2. The zero-order valence-electron chi connectivity index (χ0n) is 19.2. The maximum Gasteiger partial charge on any atom is 0.269 e. The molecule has 8 nitrogen and oxygen atoms in total. The number of hydrogen-bond donors (Lipinski definition) is 1. The molecule has 3 rings (SSSR count). The average molecular weight is 550 g/mol. The third-order valence-corrected chi connectivity index (χ3v) is 8.01. The normalized spacial score (nSPS) is 15.0. The number of sulfonamides is 1. The molecular weight excluding hydrogens is 522 g/mol. The van der Waals surface area contributed by atoms with E-state index in [2.05, 4.69) is 21.2 Å². The van der Waals surface area contributed by atoms with Crippen molar-refractivity contribution in [3.05, 3.63) is 64.1 Å². The predicted molar refractivity (Wildman–Crippen MR) is 131 cm³/mol. The van der Waals surface area contributed by atoms with E-state index in [1.165, 1.54) is 17.0 Å². The third kappa shape index (κ3) is 5.67. The van der Waals surface area contributed by atoms with E-state index in [0.29, 0.717) is 6.54 Å². The Labute approximate surface area is 208 Å². The quantitative estimate of drug-likeness (QED) is 0.458. The van der Waals surface area contributed by atoms with Gasteiger partial charge in [0.05, 0.1) is 5.56 Å². The van der Waals surface area contributed by atoms with Crippen molar-refractivity contribution < 1.29 is 22.8 Å². The number of benzene rings is 2. The maximum atomic E-state index is 13.3. The maximum absolute atomic E-state index is 13.3. The van der Waals surface area contributed by atoms with Gasteiger partial charge >= 0.3 is 0 Å². The SMILES string of the molecule is CCCCNC(=O)[C@H](C)N(Cc1cccc(Br)c1)C(=O)CCN1C(=O)c2ccccc2S1(=O)=O. The van der Waals surface area contributed by atoms with Crippen LogP contribution in [-0.4, -0.2) is 54.5 Å². The molecule has 0 unspecified atom stereocenters. The molecule has 1 heterocycles. The first kappa shape index (κ1) is 25.9. The summed E-state index contributed by atoms with van der Waals surface area (Å²) in [6.07, 6.45) is 1.52. The minimum Gasteiger partial charge on any atom is -0.354 e. The van der Waals surface area contributed by atoms with Gasteiger partial charge in [0.25, 0.3) is 15.9 Å². The standard InChI is InChI=1S/C24H28BrN3O5S/c1-3-4-13-26-23(30)17(2)27(16-18-8-7-9-19(25)15-18)22(29)12-14-28-24(31)20-10-5-6-11-21(20)34(28,32)33/h5-11,15,17H,3-4,12-14,16H2,1-2H3,(H,26,30)/t17-/m0/s1. The summed E-state index contributed by atoms with van der Waals surface area (Å²) in [5, 5.41) is 2.84. The van der Waals surface area contributed by atoms with Crippen LogP contribution < -0.4 is 5.32 Å². The highest BCUT2D eigenvalue weighted by Crippen LogP contribution is 2.30. The van der Waals surface area contributed by atoms with Crippen LogP contribution in [0.25, 0.3) is 0 Å². The Bertz CT molecular complexity index is 1180. The number of nitrogens with one attached hydrogen (secondary N) is 1. The van der Waals surface area contributed by atoms with E-state index in [0.717, 1.165) is 27.2 Å². The van der Waals surface area contributed by atoms with Crippen LogP contribution in [-0.2, 0) is 26.2 Å². The second kappa shape index (κ2) is 11.1. The number of carbonyl (C=O) groups is 3. The van der Waals surface area contributed by atoms with Crippen molar-refractivity contribution in [2.45, 2.75) is 50.6 Å². The molecule has 3 amide bonds. The van der Waals surface area contributed by atoms with Crippen LogP contribution in [0.5, 0.6) is 0 Å². The monoisotopic (exact) mass is 549 g/mol. The van der Waals surface area contributed by atoms with Crippen molar-refractivity contribution in [2.75, 3.05) is 13.1 Å². The molecule has 2 aromatic rings. The molecule has 1 N–H and O–H groups in total.